The molecule has 0 saturated heterocycles. The molecule has 0 saturated carbocycles. The third-order valence-electron chi connectivity index (χ3n) is 3.64. The number of nitrogens with zero attached hydrogens (tertiary/aromatic N) is 1. The number of thiocarbonyl (C=S) groups is 1. The lowest BCUT2D eigenvalue weighted by Gasteiger charge is -2.11. The van der Waals surface area contributed by atoms with Gasteiger partial charge in [-0.1, -0.05) is 45.0 Å². The Labute approximate surface area is 148 Å². The van der Waals surface area contributed by atoms with Crippen LogP contribution in [0.4, 0.5) is 10.1 Å². The van der Waals surface area contributed by atoms with Crippen molar-refractivity contribution in [3.8, 4) is 0 Å². The fourth-order valence-corrected chi connectivity index (χ4v) is 2.38. The normalized spacial score (nSPS) is 11.5. The van der Waals surface area contributed by atoms with E-state index in [1.165, 1.54) is 17.7 Å². The molecule has 0 radical (unpaired) electrons. The number of hydrogen-bond donors (Lipinski definition) is 2. The molecule has 0 amide bonds. The van der Waals surface area contributed by atoms with E-state index < -0.39 is 0 Å². The molecule has 24 heavy (non-hydrogen) atoms. The SMILES string of the molecule is CCC(=NNC(=S)Nc1ccc(C(C)C)cc1)c1ccc(F)cc1. The molecule has 0 heterocycles. The van der Waals surface area contributed by atoms with E-state index in [2.05, 4.69) is 41.8 Å². The first-order chi connectivity index (χ1) is 11.5. The summed E-state index contributed by atoms with van der Waals surface area (Å²) in [6, 6.07) is 14.4. The minimum Gasteiger partial charge on any atom is -0.331 e. The third-order valence-corrected chi connectivity index (χ3v) is 3.83. The average Bonchev–Trinajstić information content (AvgIpc) is 2.57. The Hall–Kier alpha value is -2.27. The zero-order valence-electron chi connectivity index (χ0n) is 14.1. The Morgan fingerprint density at radius 3 is 2.25 bits per heavy atom. The van der Waals surface area contributed by atoms with Gasteiger partial charge in [-0.2, -0.15) is 5.10 Å². The van der Waals surface area contributed by atoms with E-state index in [0.29, 0.717) is 17.5 Å². The van der Waals surface area contributed by atoms with Gasteiger partial charge in [-0.05, 0) is 59.9 Å². The first kappa shape index (κ1) is 18.1. The Bertz CT molecular complexity index is 706. The van der Waals surface area contributed by atoms with E-state index in [4.69, 9.17) is 12.2 Å². The van der Waals surface area contributed by atoms with Gasteiger partial charge in [0.2, 0.25) is 0 Å². The molecule has 2 aromatic carbocycles. The lowest BCUT2D eigenvalue weighted by molar-refractivity contribution is 0.627. The van der Waals surface area contributed by atoms with Crippen LogP contribution in [0.3, 0.4) is 0 Å². The molecule has 0 bridgehead atoms. The Morgan fingerprint density at radius 1 is 1.08 bits per heavy atom. The summed E-state index contributed by atoms with van der Waals surface area (Å²) in [7, 11) is 0. The molecule has 0 aliphatic heterocycles. The molecule has 0 fully saturated rings. The van der Waals surface area contributed by atoms with E-state index in [0.717, 1.165) is 17.0 Å². The van der Waals surface area contributed by atoms with Gasteiger partial charge in [-0.25, -0.2) is 4.39 Å². The Balaban J connectivity index is 1.98. The second-order valence-corrected chi connectivity index (χ2v) is 6.17. The van der Waals surface area contributed by atoms with Crippen molar-refractivity contribution in [2.24, 2.45) is 5.10 Å². The second kappa shape index (κ2) is 8.55. The van der Waals surface area contributed by atoms with Crippen LogP contribution in [-0.2, 0) is 0 Å². The van der Waals surface area contributed by atoms with Crippen LogP contribution in [0.1, 0.15) is 44.2 Å². The number of hydrogen-bond acceptors (Lipinski definition) is 2. The summed E-state index contributed by atoms with van der Waals surface area (Å²) in [5, 5.41) is 7.84. The van der Waals surface area contributed by atoms with Gasteiger partial charge in [-0.3, -0.25) is 5.43 Å². The van der Waals surface area contributed by atoms with Gasteiger partial charge in [0.15, 0.2) is 5.11 Å². The summed E-state index contributed by atoms with van der Waals surface area (Å²) in [6.45, 7) is 6.31. The van der Waals surface area contributed by atoms with Gasteiger partial charge in [-0.15, -0.1) is 0 Å². The van der Waals surface area contributed by atoms with Gasteiger partial charge in [0, 0.05) is 5.69 Å². The van der Waals surface area contributed by atoms with Crippen molar-refractivity contribution in [3.05, 3.63) is 65.5 Å². The maximum Gasteiger partial charge on any atom is 0.191 e. The topological polar surface area (TPSA) is 36.4 Å². The molecule has 0 aromatic heterocycles. The molecule has 2 aromatic rings. The molecular weight excluding hydrogens is 321 g/mol. The van der Waals surface area contributed by atoms with Crippen LogP contribution < -0.4 is 10.7 Å². The van der Waals surface area contributed by atoms with Crippen LogP contribution in [0.25, 0.3) is 0 Å². The molecule has 2 rings (SSSR count). The summed E-state index contributed by atoms with van der Waals surface area (Å²) < 4.78 is 13.0. The maximum absolute atomic E-state index is 13.0. The van der Waals surface area contributed by atoms with Crippen molar-refractivity contribution in [1.82, 2.24) is 5.43 Å². The summed E-state index contributed by atoms with van der Waals surface area (Å²) in [5.41, 5.74) is 6.72. The third kappa shape index (κ3) is 5.13. The number of anilines is 1. The summed E-state index contributed by atoms with van der Waals surface area (Å²) >= 11 is 5.27. The predicted molar refractivity (Wildman–Crippen MR) is 103 cm³/mol. The largest absolute Gasteiger partial charge is 0.331 e. The van der Waals surface area contributed by atoms with E-state index in [-0.39, 0.29) is 5.82 Å². The maximum atomic E-state index is 13.0. The number of benzene rings is 2. The zero-order valence-corrected chi connectivity index (χ0v) is 15.0. The van der Waals surface area contributed by atoms with Crippen LogP contribution in [0.15, 0.2) is 53.6 Å². The quantitative estimate of drug-likeness (QED) is 0.453. The van der Waals surface area contributed by atoms with Crippen LogP contribution in [0.5, 0.6) is 0 Å². The molecule has 2 N–H and O–H groups in total. The van der Waals surface area contributed by atoms with E-state index in [9.17, 15) is 4.39 Å². The molecular formula is C19H22FN3S. The highest BCUT2D eigenvalue weighted by atomic mass is 32.1. The minimum absolute atomic E-state index is 0.260. The fraction of sp³-hybridized carbons (Fsp3) is 0.263. The number of rotatable bonds is 5. The number of halogens is 1. The molecule has 126 valence electrons. The molecule has 3 nitrogen and oxygen atoms in total. The minimum atomic E-state index is -0.260. The van der Waals surface area contributed by atoms with Crippen molar-refractivity contribution in [2.75, 3.05) is 5.32 Å². The van der Waals surface area contributed by atoms with E-state index in [1.54, 1.807) is 12.1 Å². The monoisotopic (exact) mass is 343 g/mol. The van der Waals surface area contributed by atoms with Crippen LogP contribution >= 0.6 is 12.2 Å². The molecule has 0 aliphatic carbocycles. The van der Waals surface area contributed by atoms with Crippen LogP contribution in [0, 0.1) is 5.82 Å². The first-order valence-electron chi connectivity index (χ1n) is 7.99. The van der Waals surface area contributed by atoms with Gasteiger partial charge in [0.25, 0.3) is 0 Å². The highest BCUT2D eigenvalue weighted by Gasteiger charge is 2.03. The van der Waals surface area contributed by atoms with Crippen molar-refractivity contribution in [2.45, 2.75) is 33.1 Å². The summed E-state index contributed by atoms with van der Waals surface area (Å²) in [5.74, 6) is 0.237. The standard InChI is InChI=1S/C19H22FN3S/c1-4-18(15-5-9-16(20)10-6-15)22-23-19(24)21-17-11-7-14(8-12-17)13(2)3/h5-13H,4H2,1-3H3,(H2,21,23,24). The highest BCUT2D eigenvalue weighted by Crippen LogP contribution is 2.17. The Morgan fingerprint density at radius 2 is 1.71 bits per heavy atom. The van der Waals surface area contributed by atoms with Gasteiger partial charge in [0.1, 0.15) is 5.82 Å². The molecule has 0 unspecified atom stereocenters. The van der Waals surface area contributed by atoms with Gasteiger partial charge in [0.05, 0.1) is 5.71 Å². The average molecular weight is 343 g/mol. The predicted octanol–water partition coefficient (Wildman–Crippen LogP) is 5.05. The summed E-state index contributed by atoms with van der Waals surface area (Å²) in [4.78, 5) is 0. The van der Waals surface area contributed by atoms with Crippen molar-refractivity contribution in [1.29, 1.82) is 0 Å². The van der Waals surface area contributed by atoms with Crippen LogP contribution in [-0.4, -0.2) is 10.8 Å². The van der Waals surface area contributed by atoms with Crippen molar-refractivity contribution < 1.29 is 4.39 Å². The van der Waals surface area contributed by atoms with E-state index >= 15 is 0 Å². The Kier molecular flexibility index (Phi) is 6.44. The summed E-state index contributed by atoms with van der Waals surface area (Å²) in [6.07, 6.45) is 0.713. The van der Waals surface area contributed by atoms with Crippen molar-refractivity contribution >= 4 is 28.7 Å². The molecule has 5 heteroatoms. The van der Waals surface area contributed by atoms with Crippen LogP contribution in [0.2, 0.25) is 0 Å². The molecule has 0 atom stereocenters. The number of hydrazone groups is 1. The fourth-order valence-electron chi connectivity index (χ4n) is 2.22. The van der Waals surface area contributed by atoms with Gasteiger partial charge >= 0.3 is 0 Å². The zero-order chi connectivity index (χ0) is 17.5. The first-order valence-corrected chi connectivity index (χ1v) is 8.40. The van der Waals surface area contributed by atoms with Gasteiger partial charge < -0.3 is 5.32 Å². The lowest BCUT2D eigenvalue weighted by atomic mass is 10.0. The van der Waals surface area contributed by atoms with Crippen molar-refractivity contribution in [3.63, 3.8) is 0 Å². The molecule has 0 aliphatic rings. The highest BCUT2D eigenvalue weighted by molar-refractivity contribution is 7.80. The molecule has 0 spiro atoms. The van der Waals surface area contributed by atoms with E-state index in [1.807, 2.05) is 19.1 Å². The number of nitrogens with one attached hydrogen (secondary N) is 2. The second-order valence-electron chi connectivity index (χ2n) is 5.76. The smallest absolute Gasteiger partial charge is 0.191 e. The lowest BCUT2D eigenvalue weighted by Crippen LogP contribution is -2.25.